The Hall–Kier alpha value is -1.87. The fourth-order valence-electron chi connectivity index (χ4n) is 3.02. The highest BCUT2D eigenvalue weighted by molar-refractivity contribution is 7.10. The molecule has 0 aromatic carbocycles. The van der Waals surface area contributed by atoms with Crippen LogP contribution in [0.25, 0.3) is 11.1 Å². The summed E-state index contributed by atoms with van der Waals surface area (Å²) < 4.78 is 0. The topological polar surface area (TPSA) is 24.9 Å². The van der Waals surface area contributed by atoms with Crippen LogP contribution in [-0.2, 0) is 5.54 Å². The Morgan fingerprint density at radius 2 is 1.96 bits per heavy atom. The van der Waals surface area contributed by atoms with E-state index in [0.717, 1.165) is 23.3 Å². The minimum absolute atomic E-state index is 0.174. The third kappa shape index (κ3) is 4.81. The molecule has 0 saturated heterocycles. The zero-order valence-electron chi connectivity index (χ0n) is 15.9. The Morgan fingerprint density at radius 3 is 2.46 bits per heavy atom. The predicted molar refractivity (Wildman–Crippen MR) is 108 cm³/mol. The number of allylic oxidation sites excluding steroid dienone is 1. The molecule has 0 saturated carbocycles. The lowest BCUT2D eigenvalue weighted by molar-refractivity contribution is 0.408. The van der Waals surface area contributed by atoms with E-state index in [2.05, 4.69) is 55.7 Å². The average molecular weight is 343 g/mol. The summed E-state index contributed by atoms with van der Waals surface area (Å²) in [5.41, 5.74) is 5.68. The van der Waals surface area contributed by atoms with Crippen LogP contribution in [-0.4, -0.2) is 4.98 Å². The van der Waals surface area contributed by atoms with E-state index in [1.807, 2.05) is 33.0 Å². The molecule has 0 aliphatic rings. The zero-order valence-corrected chi connectivity index (χ0v) is 16.7. The van der Waals surface area contributed by atoms with Crippen molar-refractivity contribution < 1.29 is 0 Å². The lowest BCUT2D eigenvalue weighted by Crippen LogP contribution is -2.38. The maximum Gasteiger partial charge on any atom is 0.0725 e. The van der Waals surface area contributed by atoms with Gasteiger partial charge in [0.2, 0.25) is 0 Å². The summed E-state index contributed by atoms with van der Waals surface area (Å²) in [6, 6.07) is 4.08. The first-order valence-corrected chi connectivity index (χ1v) is 9.28. The normalized spacial score (nSPS) is 12.6. The lowest BCUT2D eigenvalue weighted by atomic mass is 9.88. The summed E-state index contributed by atoms with van der Waals surface area (Å²) in [5, 5.41) is 5.77. The average Bonchev–Trinajstić information content (AvgIpc) is 2.91. The molecule has 130 valence electrons. The molecule has 0 fully saturated rings. The minimum Gasteiger partial charge on any atom is -0.379 e. The van der Waals surface area contributed by atoms with Gasteiger partial charge in [0.25, 0.3) is 0 Å². The van der Waals surface area contributed by atoms with Gasteiger partial charge in [0, 0.05) is 28.5 Å². The summed E-state index contributed by atoms with van der Waals surface area (Å²) in [5.74, 6) is 0. The van der Waals surface area contributed by atoms with Gasteiger partial charge in [-0.2, -0.15) is 0 Å². The van der Waals surface area contributed by atoms with Crippen molar-refractivity contribution >= 4 is 11.3 Å². The summed E-state index contributed by atoms with van der Waals surface area (Å²) >= 11 is 1.79. The quantitative estimate of drug-likeness (QED) is 0.610. The molecule has 2 rings (SSSR count). The van der Waals surface area contributed by atoms with Gasteiger partial charge in [0.15, 0.2) is 0 Å². The number of hydrogen-bond donors (Lipinski definition) is 1. The first-order chi connectivity index (χ1) is 11.3. The van der Waals surface area contributed by atoms with Crippen LogP contribution >= 0.6 is 11.3 Å². The molecular formula is C21H30N2S. The highest BCUT2D eigenvalue weighted by atomic mass is 32.1. The molecule has 1 N–H and O–H groups in total. The van der Waals surface area contributed by atoms with Gasteiger partial charge in [-0.25, -0.2) is 0 Å². The van der Waals surface area contributed by atoms with Crippen molar-refractivity contribution in [1.82, 2.24) is 10.3 Å². The molecule has 0 radical (unpaired) electrons. The highest BCUT2D eigenvalue weighted by Crippen LogP contribution is 2.40. The van der Waals surface area contributed by atoms with Crippen molar-refractivity contribution in [1.29, 1.82) is 0 Å². The van der Waals surface area contributed by atoms with Crippen molar-refractivity contribution in [3.8, 4) is 11.1 Å². The van der Waals surface area contributed by atoms with Crippen LogP contribution in [0, 0.1) is 6.92 Å². The third-order valence-corrected chi connectivity index (χ3v) is 5.00. The van der Waals surface area contributed by atoms with E-state index >= 15 is 0 Å². The number of nitrogens with zero attached hydrogens (tertiary/aromatic N) is 1. The second-order valence-electron chi connectivity index (χ2n) is 6.22. The van der Waals surface area contributed by atoms with Gasteiger partial charge in [0.1, 0.15) is 0 Å². The Kier molecular flexibility index (Phi) is 7.43. The first kappa shape index (κ1) is 20.2. The number of aromatic nitrogens is 1. The molecule has 0 bridgehead atoms. The van der Waals surface area contributed by atoms with Crippen LogP contribution in [0.4, 0.5) is 0 Å². The second-order valence-corrected chi connectivity index (χ2v) is 7.10. The van der Waals surface area contributed by atoms with E-state index in [1.165, 1.54) is 16.0 Å². The highest BCUT2D eigenvalue weighted by Gasteiger charge is 2.30. The largest absolute Gasteiger partial charge is 0.379 e. The van der Waals surface area contributed by atoms with Gasteiger partial charge >= 0.3 is 0 Å². The number of nitrogens with one attached hydrogen (secondary N) is 1. The monoisotopic (exact) mass is 342 g/mol. The third-order valence-electron chi connectivity index (χ3n) is 3.66. The van der Waals surface area contributed by atoms with Crippen molar-refractivity contribution in [2.24, 2.45) is 0 Å². The Labute approximate surface area is 151 Å². The molecule has 0 aliphatic heterocycles. The molecule has 0 unspecified atom stereocenters. The molecule has 0 spiro atoms. The van der Waals surface area contributed by atoms with Gasteiger partial charge in [-0.05, 0) is 56.7 Å². The van der Waals surface area contributed by atoms with Crippen LogP contribution in [0.5, 0.6) is 0 Å². The Morgan fingerprint density at radius 1 is 1.29 bits per heavy atom. The van der Waals surface area contributed by atoms with E-state index in [9.17, 15) is 0 Å². The van der Waals surface area contributed by atoms with Gasteiger partial charge < -0.3 is 5.32 Å². The molecule has 0 aliphatic carbocycles. The van der Waals surface area contributed by atoms with E-state index < -0.39 is 0 Å². The lowest BCUT2D eigenvalue weighted by Gasteiger charge is -2.32. The van der Waals surface area contributed by atoms with Crippen molar-refractivity contribution in [3.05, 3.63) is 64.8 Å². The summed E-state index contributed by atoms with van der Waals surface area (Å²) in [6.45, 7) is 20.6. The maximum absolute atomic E-state index is 4.23. The molecule has 2 aromatic rings. The van der Waals surface area contributed by atoms with Gasteiger partial charge in [0.05, 0.1) is 5.54 Å². The fourth-order valence-corrected chi connectivity index (χ4v) is 4.24. The Bertz CT molecular complexity index is 667. The number of pyridine rings is 1. The van der Waals surface area contributed by atoms with Crippen LogP contribution in [0.1, 0.15) is 51.5 Å². The molecule has 2 heterocycles. The van der Waals surface area contributed by atoms with Crippen molar-refractivity contribution in [3.63, 3.8) is 0 Å². The zero-order chi connectivity index (χ0) is 18.3. The van der Waals surface area contributed by atoms with E-state index in [0.29, 0.717) is 0 Å². The SMILES string of the molecule is C=C(C)C[C@](C)(NC(=C)C)c1scc(-c2cccnc2)c1C.CC. The maximum atomic E-state index is 4.23. The van der Waals surface area contributed by atoms with Crippen molar-refractivity contribution in [2.75, 3.05) is 0 Å². The van der Waals surface area contributed by atoms with Crippen LogP contribution < -0.4 is 5.32 Å². The standard InChI is InChI=1S/C19H24N2S.C2H6/c1-13(2)10-19(6,21-14(3)4)18-15(5)17(12-22-18)16-8-7-9-20-11-16;1-2/h7-9,11-12,21H,1,3,10H2,2,4-6H3;1-2H3/t19-;/m0./s1. The second kappa shape index (κ2) is 8.84. The molecule has 0 amide bonds. The number of thiophene rings is 1. The number of rotatable bonds is 6. The van der Waals surface area contributed by atoms with E-state index in [4.69, 9.17) is 0 Å². The van der Waals surface area contributed by atoms with E-state index in [1.54, 1.807) is 17.5 Å². The molecule has 24 heavy (non-hydrogen) atoms. The fraction of sp³-hybridized carbons (Fsp3) is 0.381. The number of hydrogen-bond acceptors (Lipinski definition) is 3. The van der Waals surface area contributed by atoms with Gasteiger partial charge in [-0.1, -0.05) is 32.1 Å². The van der Waals surface area contributed by atoms with Gasteiger partial charge in [-0.15, -0.1) is 17.9 Å². The van der Waals surface area contributed by atoms with Crippen molar-refractivity contribution in [2.45, 2.75) is 53.5 Å². The summed E-state index contributed by atoms with van der Waals surface area (Å²) in [6.07, 6.45) is 4.61. The predicted octanol–water partition coefficient (Wildman–Crippen LogP) is 6.45. The summed E-state index contributed by atoms with van der Waals surface area (Å²) in [4.78, 5) is 5.56. The van der Waals surface area contributed by atoms with E-state index in [-0.39, 0.29) is 5.54 Å². The Balaban J connectivity index is 0.00000139. The molecule has 1 atom stereocenters. The summed E-state index contributed by atoms with van der Waals surface area (Å²) in [7, 11) is 0. The van der Waals surface area contributed by atoms with Gasteiger partial charge in [-0.3, -0.25) is 4.98 Å². The van der Waals surface area contributed by atoms with Crippen LogP contribution in [0.3, 0.4) is 0 Å². The molecule has 3 heteroatoms. The smallest absolute Gasteiger partial charge is 0.0725 e. The van der Waals surface area contributed by atoms with Crippen LogP contribution in [0.15, 0.2) is 54.3 Å². The molecular weight excluding hydrogens is 312 g/mol. The minimum atomic E-state index is -0.174. The first-order valence-electron chi connectivity index (χ1n) is 8.40. The molecule has 2 nitrogen and oxygen atoms in total. The van der Waals surface area contributed by atoms with Crippen LogP contribution in [0.2, 0.25) is 0 Å². The molecule has 2 aromatic heterocycles.